The second-order valence-corrected chi connectivity index (χ2v) is 6.18. The number of rotatable bonds is 3. The monoisotopic (exact) mass is 329 g/mol. The van der Waals surface area contributed by atoms with Crippen LogP contribution >= 0.6 is 0 Å². The lowest BCUT2D eigenvalue weighted by Gasteiger charge is -2.24. The first-order valence-electron chi connectivity index (χ1n) is 7.40. The van der Waals surface area contributed by atoms with Gasteiger partial charge >= 0.3 is 12.1 Å². The molecule has 1 aromatic carbocycles. The smallest absolute Gasteiger partial charge is 0.416 e. The highest BCUT2D eigenvalue weighted by Crippen LogP contribution is 2.43. The van der Waals surface area contributed by atoms with E-state index in [0.717, 1.165) is 6.07 Å². The van der Waals surface area contributed by atoms with E-state index < -0.39 is 17.2 Å². The highest BCUT2D eigenvalue weighted by molar-refractivity contribution is 5.78. The zero-order chi connectivity index (χ0) is 16.7. The Morgan fingerprint density at radius 2 is 2.17 bits per heavy atom. The summed E-state index contributed by atoms with van der Waals surface area (Å²) in [5, 5.41) is 0. The number of hydrogen-bond donors (Lipinski definition) is 0. The maximum absolute atomic E-state index is 13.1. The molecule has 0 bridgehead atoms. The Balaban J connectivity index is 1.80. The number of hydrogen-bond acceptors (Lipinski definition) is 4. The summed E-state index contributed by atoms with van der Waals surface area (Å²) in [6.07, 6.45) is -4.38. The van der Waals surface area contributed by atoms with E-state index in [1.807, 2.05) is 4.90 Å². The van der Waals surface area contributed by atoms with E-state index in [-0.39, 0.29) is 30.6 Å². The average Bonchev–Trinajstić information content (AvgIpc) is 3.03. The average molecular weight is 329 g/mol. The first-order valence-corrected chi connectivity index (χ1v) is 7.40. The fraction of sp³-hybridized carbons (Fsp3) is 0.562. The van der Waals surface area contributed by atoms with Crippen molar-refractivity contribution in [3.8, 4) is 0 Å². The zero-order valence-electron chi connectivity index (χ0n) is 12.7. The molecule has 0 aromatic heterocycles. The number of carbonyl (C=O) groups is 1. The van der Waals surface area contributed by atoms with Gasteiger partial charge in [-0.15, -0.1) is 0 Å². The van der Waals surface area contributed by atoms with E-state index in [9.17, 15) is 18.0 Å². The number of carbonyl (C=O) groups excluding carboxylic acids is 1. The molecule has 0 unspecified atom stereocenters. The van der Waals surface area contributed by atoms with Gasteiger partial charge in [-0.25, -0.2) is 0 Å². The summed E-state index contributed by atoms with van der Waals surface area (Å²) in [5.74, 6) is -0.375. The van der Waals surface area contributed by atoms with E-state index in [2.05, 4.69) is 0 Å². The van der Waals surface area contributed by atoms with Crippen LogP contribution in [0.3, 0.4) is 0 Å². The van der Waals surface area contributed by atoms with Crippen molar-refractivity contribution in [2.45, 2.75) is 12.7 Å². The zero-order valence-corrected chi connectivity index (χ0v) is 12.7. The summed E-state index contributed by atoms with van der Waals surface area (Å²) in [5.41, 5.74) is -1.15. The molecule has 2 aliphatic heterocycles. The molecule has 0 saturated carbocycles. The number of halogens is 3. The van der Waals surface area contributed by atoms with Crippen LogP contribution in [0.5, 0.6) is 0 Å². The lowest BCUT2D eigenvalue weighted by atomic mass is 9.81. The Hall–Kier alpha value is -1.60. The van der Waals surface area contributed by atoms with Gasteiger partial charge in [0.2, 0.25) is 0 Å². The highest BCUT2D eigenvalue weighted by atomic mass is 19.4. The van der Waals surface area contributed by atoms with Crippen LogP contribution in [0.4, 0.5) is 13.2 Å². The molecule has 2 saturated heterocycles. The number of ether oxygens (including phenoxy) is 2. The molecule has 0 radical (unpaired) electrons. The largest absolute Gasteiger partial charge is 0.468 e. The van der Waals surface area contributed by atoms with Gasteiger partial charge in [0.05, 0.1) is 25.9 Å². The van der Waals surface area contributed by atoms with Crippen LogP contribution < -0.4 is 0 Å². The molecule has 23 heavy (non-hydrogen) atoms. The van der Waals surface area contributed by atoms with Gasteiger partial charge < -0.3 is 9.47 Å². The minimum absolute atomic E-state index is 0.0343. The Morgan fingerprint density at radius 3 is 2.87 bits per heavy atom. The van der Waals surface area contributed by atoms with Gasteiger partial charge in [0.15, 0.2) is 0 Å². The van der Waals surface area contributed by atoms with E-state index in [1.165, 1.54) is 19.2 Å². The lowest BCUT2D eigenvalue weighted by molar-refractivity contribution is -0.153. The molecule has 0 aliphatic carbocycles. The van der Waals surface area contributed by atoms with Crippen LogP contribution in [-0.2, 0) is 27.0 Å². The third-order valence-electron chi connectivity index (χ3n) is 4.75. The maximum atomic E-state index is 13.1. The Kier molecular flexibility index (Phi) is 4.10. The molecular formula is C16H18F3NO3. The van der Waals surface area contributed by atoms with Crippen LogP contribution in [0.15, 0.2) is 24.3 Å². The van der Waals surface area contributed by atoms with Crippen molar-refractivity contribution in [2.24, 2.45) is 11.3 Å². The van der Waals surface area contributed by atoms with Crippen molar-refractivity contribution in [3.05, 3.63) is 35.4 Å². The van der Waals surface area contributed by atoms with Gasteiger partial charge in [-0.05, 0) is 11.6 Å². The van der Waals surface area contributed by atoms with Crippen LogP contribution in [0.2, 0.25) is 0 Å². The summed E-state index contributed by atoms with van der Waals surface area (Å²) < 4.78 is 49.6. The summed E-state index contributed by atoms with van der Waals surface area (Å²) in [6, 6.07) is 5.55. The maximum Gasteiger partial charge on any atom is 0.416 e. The van der Waals surface area contributed by atoms with E-state index in [0.29, 0.717) is 19.7 Å². The molecule has 3 rings (SSSR count). The van der Waals surface area contributed by atoms with E-state index >= 15 is 0 Å². The van der Waals surface area contributed by atoms with Gasteiger partial charge in [-0.1, -0.05) is 18.2 Å². The summed E-state index contributed by atoms with van der Waals surface area (Å²) in [4.78, 5) is 14.0. The number of likely N-dealkylation sites (tertiary alicyclic amines) is 1. The van der Waals surface area contributed by atoms with Crippen molar-refractivity contribution >= 4 is 5.97 Å². The fourth-order valence-electron chi connectivity index (χ4n) is 3.63. The number of benzene rings is 1. The van der Waals surface area contributed by atoms with Gasteiger partial charge in [0, 0.05) is 25.6 Å². The number of nitrogens with zero attached hydrogens (tertiary/aromatic N) is 1. The Labute approximate surface area is 132 Å². The van der Waals surface area contributed by atoms with Crippen LogP contribution in [-0.4, -0.2) is 44.3 Å². The predicted molar refractivity (Wildman–Crippen MR) is 75.5 cm³/mol. The van der Waals surface area contributed by atoms with Gasteiger partial charge in [0.1, 0.15) is 5.41 Å². The number of fused-ring (bicyclic) bond motifs is 1. The second kappa shape index (κ2) is 5.79. The molecule has 0 N–H and O–H groups in total. The molecular weight excluding hydrogens is 311 g/mol. The van der Waals surface area contributed by atoms with Crippen molar-refractivity contribution in [2.75, 3.05) is 33.4 Å². The molecule has 1 aromatic rings. The predicted octanol–water partition coefficient (Wildman–Crippen LogP) is 2.33. The van der Waals surface area contributed by atoms with E-state index in [4.69, 9.17) is 9.47 Å². The third-order valence-corrected chi connectivity index (χ3v) is 4.75. The molecule has 126 valence electrons. The minimum atomic E-state index is -4.38. The third kappa shape index (κ3) is 2.83. The lowest BCUT2D eigenvalue weighted by Crippen LogP contribution is -2.40. The van der Waals surface area contributed by atoms with Gasteiger partial charge in [-0.2, -0.15) is 13.2 Å². The summed E-state index contributed by atoms with van der Waals surface area (Å²) in [6.45, 7) is 1.75. The second-order valence-electron chi connectivity index (χ2n) is 6.18. The van der Waals surface area contributed by atoms with Crippen LogP contribution in [0, 0.1) is 11.3 Å². The highest BCUT2D eigenvalue weighted by Gasteiger charge is 2.56. The van der Waals surface area contributed by atoms with Crippen LogP contribution in [0.25, 0.3) is 0 Å². The number of alkyl halides is 3. The SMILES string of the molecule is COC(=O)[C@@]12COC[C@@H]1CN(Cc1ccccc1C(F)(F)F)C2. The number of methoxy groups -OCH3 is 1. The molecule has 2 heterocycles. The summed E-state index contributed by atoms with van der Waals surface area (Å²) >= 11 is 0. The quantitative estimate of drug-likeness (QED) is 0.798. The van der Waals surface area contributed by atoms with Crippen molar-refractivity contribution in [1.82, 2.24) is 4.90 Å². The van der Waals surface area contributed by atoms with Crippen molar-refractivity contribution in [1.29, 1.82) is 0 Å². The van der Waals surface area contributed by atoms with E-state index in [1.54, 1.807) is 6.07 Å². The first kappa shape index (κ1) is 16.3. The standard InChI is InChI=1S/C16H18F3NO3/c1-22-14(21)15-9-20(7-12(15)8-23-10-15)6-11-4-2-3-5-13(11)16(17,18)19/h2-5,12H,6-10H2,1H3/t12-,15-/m0/s1. The topological polar surface area (TPSA) is 38.8 Å². The molecule has 0 amide bonds. The van der Waals surface area contributed by atoms with Crippen molar-refractivity contribution < 1.29 is 27.4 Å². The van der Waals surface area contributed by atoms with Crippen molar-refractivity contribution in [3.63, 3.8) is 0 Å². The summed E-state index contributed by atoms with van der Waals surface area (Å²) in [7, 11) is 1.33. The first-order chi connectivity index (χ1) is 10.9. The Bertz CT molecular complexity index is 604. The molecule has 4 nitrogen and oxygen atoms in total. The van der Waals surface area contributed by atoms with Gasteiger partial charge in [0.25, 0.3) is 0 Å². The molecule has 2 fully saturated rings. The Morgan fingerprint density at radius 1 is 1.43 bits per heavy atom. The molecule has 7 heteroatoms. The minimum Gasteiger partial charge on any atom is -0.468 e. The van der Waals surface area contributed by atoms with Crippen LogP contribution in [0.1, 0.15) is 11.1 Å². The molecule has 2 atom stereocenters. The molecule has 0 spiro atoms. The normalized spacial score (nSPS) is 27.9. The fourth-order valence-corrected chi connectivity index (χ4v) is 3.63. The molecule has 2 aliphatic rings. The van der Waals surface area contributed by atoms with Gasteiger partial charge in [-0.3, -0.25) is 9.69 Å². The number of esters is 1.